The number of hydrogen-bond donors (Lipinski definition) is 0. The van der Waals surface area contributed by atoms with Crippen molar-refractivity contribution in [3.63, 3.8) is 0 Å². The van der Waals surface area contributed by atoms with Crippen LogP contribution >= 0.6 is 0 Å². The van der Waals surface area contributed by atoms with Crippen molar-refractivity contribution in [1.29, 1.82) is 0 Å². The molecule has 1 aliphatic rings. The second-order valence-electron chi connectivity index (χ2n) is 5.82. The van der Waals surface area contributed by atoms with Gasteiger partial charge in [0.05, 0.1) is 20.3 Å². The summed E-state index contributed by atoms with van der Waals surface area (Å²) < 4.78 is 11.9. The maximum absolute atomic E-state index is 12.8. The van der Waals surface area contributed by atoms with Crippen LogP contribution in [0, 0.1) is 0 Å². The monoisotopic (exact) mass is 343 g/mol. The molecule has 0 bridgehead atoms. The summed E-state index contributed by atoms with van der Waals surface area (Å²) in [4.78, 5) is 26.6. The molecule has 1 aromatic heterocycles. The molecule has 0 saturated heterocycles. The van der Waals surface area contributed by atoms with E-state index in [4.69, 9.17) is 9.47 Å². The number of methoxy groups -OCH3 is 1. The van der Waals surface area contributed by atoms with Gasteiger partial charge < -0.3 is 14.4 Å². The summed E-state index contributed by atoms with van der Waals surface area (Å²) in [6.07, 6.45) is 0.653. The van der Waals surface area contributed by atoms with Crippen LogP contribution in [-0.2, 0) is 24.8 Å². The van der Waals surface area contributed by atoms with Gasteiger partial charge in [-0.25, -0.2) is 4.79 Å². The minimum atomic E-state index is -0.446. The molecule has 0 aliphatic carbocycles. The number of carbonyl (C=O) groups excluding carboxylic acids is 2. The molecule has 0 spiro atoms. The number of aromatic nitrogens is 2. The molecular weight excluding hydrogens is 322 g/mol. The van der Waals surface area contributed by atoms with E-state index in [1.807, 2.05) is 7.05 Å². The van der Waals surface area contributed by atoms with Crippen molar-refractivity contribution >= 4 is 11.9 Å². The van der Waals surface area contributed by atoms with E-state index in [1.165, 1.54) is 0 Å². The van der Waals surface area contributed by atoms with Gasteiger partial charge in [-0.2, -0.15) is 5.10 Å². The summed E-state index contributed by atoms with van der Waals surface area (Å²) in [5.74, 6) is 0.180. The Balaban J connectivity index is 1.84. The minimum Gasteiger partial charge on any atom is -0.497 e. The Kier molecular flexibility index (Phi) is 4.74. The molecule has 0 atom stereocenters. The zero-order valence-electron chi connectivity index (χ0n) is 14.6. The summed E-state index contributed by atoms with van der Waals surface area (Å²) in [5.41, 5.74) is 2.63. The SMILES string of the molecule is CCOC(=O)c1nn(C)c2c1CN(C(=O)c1ccc(OC)cc1)CC2. The van der Waals surface area contributed by atoms with Gasteiger partial charge in [0, 0.05) is 36.8 Å². The van der Waals surface area contributed by atoms with E-state index in [0.717, 1.165) is 11.3 Å². The Labute approximate surface area is 146 Å². The van der Waals surface area contributed by atoms with Crippen molar-refractivity contribution in [3.8, 4) is 5.75 Å². The quantitative estimate of drug-likeness (QED) is 0.792. The fourth-order valence-electron chi connectivity index (χ4n) is 3.05. The lowest BCUT2D eigenvalue weighted by Gasteiger charge is -2.27. The Hall–Kier alpha value is -2.83. The van der Waals surface area contributed by atoms with Crippen LogP contribution in [-0.4, -0.2) is 46.8 Å². The van der Waals surface area contributed by atoms with Crippen LogP contribution in [0.2, 0.25) is 0 Å². The van der Waals surface area contributed by atoms with E-state index >= 15 is 0 Å². The molecule has 1 amide bonds. The first-order valence-electron chi connectivity index (χ1n) is 8.20. The lowest BCUT2D eigenvalue weighted by molar-refractivity contribution is 0.0513. The van der Waals surface area contributed by atoms with Crippen LogP contribution in [0.1, 0.15) is 39.0 Å². The predicted molar refractivity (Wildman–Crippen MR) is 90.6 cm³/mol. The van der Waals surface area contributed by atoms with E-state index in [1.54, 1.807) is 47.9 Å². The number of ether oxygens (including phenoxy) is 2. The van der Waals surface area contributed by atoms with Crippen LogP contribution < -0.4 is 4.74 Å². The van der Waals surface area contributed by atoms with Crippen LogP contribution in [0.15, 0.2) is 24.3 Å². The average molecular weight is 343 g/mol. The van der Waals surface area contributed by atoms with Gasteiger partial charge in [-0.05, 0) is 31.2 Å². The molecule has 3 rings (SSSR count). The number of aryl methyl sites for hydroxylation is 1. The second kappa shape index (κ2) is 6.96. The lowest BCUT2D eigenvalue weighted by atomic mass is 10.0. The largest absolute Gasteiger partial charge is 0.497 e. The highest BCUT2D eigenvalue weighted by atomic mass is 16.5. The number of hydrogen-bond acceptors (Lipinski definition) is 5. The van der Waals surface area contributed by atoms with Gasteiger partial charge in [0.2, 0.25) is 0 Å². The van der Waals surface area contributed by atoms with Gasteiger partial charge in [0.1, 0.15) is 5.75 Å². The van der Waals surface area contributed by atoms with Crippen molar-refractivity contribution < 1.29 is 19.1 Å². The second-order valence-corrected chi connectivity index (χ2v) is 5.82. The van der Waals surface area contributed by atoms with Gasteiger partial charge in [0.15, 0.2) is 5.69 Å². The molecule has 7 nitrogen and oxygen atoms in total. The van der Waals surface area contributed by atoms with Gasteiger partial charge >= 0.3 is 5.97 Å². The predicted octanol–water partition coefficient (Wildman–Crippen LogP) is 1.80. The van der Waals surface area contributed by atoms with Crippen LogP contribution in [0.5, 0.6) is 5.75 Å². The molecule has 0 saturated carbocycles. The Bertz CT molecular complexity index is 795. The first-order chi connectivity index (χ1) is 12.0. The van der Waals surface area contributed by atoms with E-state index in [-0.39, 0.29) is 5.91 Å². The van der Waals surface area contributed by atoms with Crippen LogP contribution in [0.25, 0.3) is 0 Å². The Morgan fingerprint density at radius 2 is 1.96 bits per heavy atom. The van der Waals surface area contributed by atoms with Crippen molar-refractivity contribution in [2.75, 3.05) is 20.3 Å². The maximum atomic E-state index is 12.8. The maximum Gasteiger partial charge on any atom is 0.359 e. The third kappa shape index (κ3) is 3.22. The number of esters is 1. The molecular formula is C18H21N3O4. The molecule has 1 aliphatic heterocycles. The topological polar surface area (TPSA) is 73.7 Å². The number of amides is 1. The van der Waals surface area contributed by atoms with Crippen LogP contribution in [0.3, 0.4) is 0 Å². The first-order valence-corrected chi connectivity index (χ1v) is 8.20. The summed E-state index contributed by atoms with van der Waals surface area (Å²) in [6.45, 7) is 2.98. The molecule has 0 N–H and O–H groups in total. The summed E-state index contributed by atoms with van der Waals surface area (Å²) in [7, 11) is 3.39. The molecule has 25 heavy (non-hydrogen) atoms. The third-order valence-electron chi connectivity index (χ3n) is 4.34. The van der Waals surface area contributed by atoms with E-state index in [0.29, 0.717) is 43.1 Å². The van der Waals surface area contributed by atoms with E-state index < -0.39 is 5.97 Å². The molecule has 7 heteroatoms. The standard InChI is InChI=1S/C18H21N3O4/c1-4-25-18(23)16-14-11-21(10-9-15(14)20(2)19-16)17(22)12-5-7-13(24-3)8-6-12/h5-8H,4,9-11H2,1-3H3. The number of carbonyl (C=O) groups is 2. The van der Waals surface area contributed by atoms with E-state index in [2.05, 4.69) is 5.10 Å². The van der Waals surface area contributed by atoms with Crippen molar-refractivity contribution in [3.05, 3.63) is 46.8 Å². The molecule has 1 aromatic carbocycles. The summed E-state index contributed by atoms with van der Waals surface area (Å²) >= 11 is 0. The van der Waals surface area contributed by atoms with Crippen molar-refractivity contribution in [1.82, 2.24) is 14.7 Å². The molecule has 132 valence electrons. The van der Waals surface area contributed by atoms with Gasteiger partial charge in [0.25, 0.3) is 5.91 Å². The summed E-state index contributed by atoms with van der Waals surface area (Å²) in [6, 6.07) is 7.01. The zero-order valence-corrected chi connectivity index (χ0v) is 14.6. The van der Waals surface area contributed by atoms with E-state index in [9.17, 15) is 9.59 Å². The van der Waals surface area contributed by atoms with Gasteiger partial charge in [-0.3, -0.25) is 9.48 Å². The number of benzene rings is 1. The Morgan fingerprint density at radius 3 is 2.60 bits per heavy atom. The molecule has 0 radical (unpaired) electrons. The van der Waals surface area contributed by atoms with Crippen molar-refractivity contribution in [2.45, 2.75) is 19.9 Å². The van der Waals surface area contributed by atoms with Crippen LogP contribution in [0.4, 0.5) is 0 Å². The Morgan fingerprint density at radius 1 is 1.24 bits per heavy atom. The number of fused-ring (bicyclic) bond motifs is 1. The fourth-order valence-corrected chi connectivity index (χ4v) is 3.05. The zero-order chi connectivity index (χ0) is 18.0. The molecule has 2 aromatic rings. The molecule has 2 heterocycles. The number of rotatable bonds is 4. The highest BCUT2D eigenvalue weighted by molar-refractivity contribution is 5.95. The highest BCUT2D eigenvalue weighted by Crippen LogP contribution is 2.24. The lowest BCUT2D eigenvalue weighted by Crippen LogP contribution is -2.36. The molecule has 0 unspecified atom stereocenters. The highest BCUT2D eigenvalue weighted by Gasteiger charge is 2.30. The fraction of sp³-hybridized carbons (Fsp3) is 0.389. The molecule has 0 fully saturated rings. The normalized spacial score (nSPS) is 13.3. The number of nitrogens with zero attached hydrogens (tertiary/aromatic N) is 3. The first kappa shape index (κ1) is 17.0. The summed E-state index contributed by atoms with van der Waals surface area (Å²) in [5, 5.41) is 4.29. The van der Waals surface area contributed by atoms with Gasteiger partial charge in [-0.15, -0.1) is 0 Å². The van der Waals surface area contributed by atoms with Gasteiger partial charge in [-0.1, -0.05) is 0 Å². The third-order valence-corrected chi connectivity index (χ3v) is 4.34. The minimum absolute atomic E-state index is 0.0769. The van der Waals surface area contributed by atoms with Crippen molar-refractivity contribution in [2.24, 2.45) is 7.05 Å². The average Bonchev–Trinajstić information content (AvgIpc) is 2.97. The smallest absolute Gasteiger partial charge is 0.359 e.